The average Bonchev–Trinajstić information content (AvgIpc) is 2.54. The molecule has 1 aromatic rings. The molecule has 1 amide bonds. The Morgan fingerprint density at radius 1 is 1.21 bits per heavy atom. The van der Waals surface area contributed by atoms with E-state index in [0.29, 0.717) is 30.2 Å². The van der Waals surface area contributed by atoms with Crippen LogP contribution in [-0.2, 0) is 9.59 Å². The number of ether oxygens (including phenoxy) is 2. The van der Waals surface area contributed by atoms with Crippen molar-refractivity contribution in [1.82, 2.24) is 4.90 Å². The molecular weight excluding hydrogens is 336 g/mol. The number of anilines is 1. The van der Waals surface area contributed by atoms with Crippen LogP contribution >= 0.6 is 12.4 Å². The molecule has 1 aliphatic rings. The van der Waals surface area contributed by atoms with Crippen LogP contribution in [0.1, 0.15) is 19.3 Å². The number of nitrogens with zero attached hydrogens (tertiary/aromatic N) is 1. The molecule has 1 fully saturated rings. The van der Waals surface area contributed by atoms with Gasteiger partial charge in [-0.3, -0.25) is 14.5 Å². The molecule has 8 heteroatoms. The summed E-state index contributed by atoms with van der Waals surface area (Å²) >= 11 is 0. The number of rotatable bonds is 6. The Kier molecular flexibility index (Phi) is 7.81. The van der Waals surface area contributed by atoms with Crippen LogP contribution in [0.5, 0.6) is 11.5 Å². The number of piperidine rings is 1. The second kappa shape index (κ2) is 9.34. The number of hydrogen-bond donors (Lipinski definition) is 2. The quantitative estimate of drug-likeness (QED) is 0.808. The Balaban J connectivity index is 0.00000288. The molecule has 1 heterocycles. The van der Waals surface area contributed by atoms with E-state index in [4.69, 9.17) is 9.47 Å². The predicted molar refractivity (Wildman–Crippen MR) is 92.3 cm³/mol. The highest BCUT2D eigenvalue weighted by molar-refractivity contribution is 5.93. The fourth-order valence-corrected chi connectivity index (χ4v) is 2.72. The Hall–Kier alpha value is -1.99. The van der Waals surface area contributed by atoms with E-state index < -0.39 is 12.0 Å². The fourth-order valence-electron chi connectivity index (χ4n) is 2.72. The Morgan fingerprint density at radius 2 is 1.83 bits per heavy atom. The Morgan fingerprint density at radius 3 is 2.38 bits per heavy atom. The third-order valence-corrected chi connectivity index (χ3v) is 3.88. The first kappa shape index (κ1) is 20.1. The van der Waals surface area contributed by atoms with Crippen LogP contribution in [0.3, 0.4) is 0 Å². The second-order valence-electron chi connectivity index (χ2n) is 5.47. The van der Waals surface area contributed by atoms with Crippen molar-refractivity contribution in [2.75, 3.05) is 32.6 Å². The molecule has 0 saturated carbocycles. The normalized spacial score (nSPS) is 17.5. The monoisotopic (exact) mass is 358 g/mol. The van der Waals surface area contributed by atoms with Crippen molar-refractivity contribution in [2.45, 2.75) is 25.3 Å². The largest absolute Gasteiger partial charge is 0.497 e. The lowest BCUT2D eigenvalue weighted by Crippen LogP contribution is -2.47. The summed E-state index contributed by atoms with van der Waals surface area (Å²) in [5, 5.41) is 12.0. The molecule has 0 radical (unpaired) electrons. The molecule has 1 aliphatic heterocycles. The first-order valence-electron chi connectivity index (χ1n) is 7.53. The third-order valence-electron chi connectivity index (χ3n) is 3.88. The predicted octanol–water partition coefficient (Wildman–Crippen LogP) is 2.00. The molecule has 0 bridgehead atoms. The number of amides is 1. The number of hydrogen-bond acceptors (Lipinski definition) is 5. The molecule has 134 valence electrons. The molecule has 0 spiro atoms. The number of carbonyl (C=O) groups is 2. The van der Waals surface area contributed by atoms with E-state index in [9.17, 15) is 14.7 Å². The summed E-state index contributed by atoms with van der Waals surface area (Å²) in [7, 11) is 3.07. The van der Waals surface area contributed by atoms with E-state index >= 15 is 0 Å². The summed E-state index contributed by atoms with van der Waals surface area (Å²) in [4.78, 5) is 25.2. The van der Waals surface area contributed by atoms with Crippen LogP contribution in [-0.4, -0.2) is 55.2 Å². The average molecular weight is 359 g/mol. The van der Waals surface area contributed by atoms with Gasteiger partial charge in [0.1, 0.15) is 17.5 Å². The highest BCUT2D eigenvalue weighted by Gasteiger charge is 2.29. The molecular formula is C16H23ClN2O5. The number of carbonyl (C=O) groups excluding carboxylic acids is 1. The lowest BCUT2D eigenvalue weighted by molar-refractivity contribution is -0.145. The van der Waals surface area contributed by atoms with E-state index in [-0.39, 0.29) is 24.9 Å². The lowest BCUT2D eigenvalue weighted by atomic mass is 10.0. The van der Waals surface area contributed by atoms with Gasteiger partial charge in [0.2, 0.25) is 5.91 Å². The second-order valence-corrected chi connectivity index (χ2v) is 5.47. The molecule has 1 atom stereocenters. The zero-order chi connectivity index (χ0) is 16.8. The van der Waals surface area contributed by atoms with Gasteiger partial charge < -0.3 is 19.9 Å². The van der Waals surface area contributed by atoms with E-state index in [2.05, 4.69) is 5.32 Å². The molecule has 2 N–H and O–H groups in total. The van der Waals surface area contributed by atoms with Gasteiger partial charge in [-0.25, -0.2) is 0 Å². The highest BCUT2D eigenvalue weighted by Crippen LogP contribution is 2.26. The van der Waals surface area contributed by atoms with Crippen LogP contribution in [0.15, 0.2) is 18.2 Å². The number of carboxylic acids is 1. The molecule has 1 aromatic carbocycles. The number of likely N-dealkylation sites (tertiary alicyclic amines) is 1. The summed E-state index contributed by atoms with van der Waals surface area (Å²) in [5.74, 6) is 0.0103. The number of aliphatic carboxylic acids is 1. The molecule has 24 heavy (non-hydrogen) atoms. The number of nitrogens with one attached hydrogen (secondary N) is 1. The lowest BCUT2D eigenvalue weighted by Gasteiger charge is -2.32. The van der Waals surface area contributed by atoms with Gasteiger partial charge in [-0.1, -0.05) is 6.42 Å². The molecule has 2 rings (SSSR count). The van der Waals surface area contributed by atoms with Crippen LogP contribution in [0.2, 0.25) is 0 Å². The maximum atomic E-state index is 12.2. The third kappa shape index (κ3) is 5.28. The topological polar surface area (TPSA) is 88.1 Å². The standard InChI is InChI=1S/C16H22N2O5.ClH/c1-22-12-7-11(8-13(9-12)23-2)17-15(19)10-18-6-4-3-5-14(18)16(20)21;/h7-9,14H,3-6,10H2,1-2H3,(H,17,19)(H,20,21);1H. The van der Waals surface area contributed by atoms with Crippen LogP contribution < -0.4 is 14.8 Å². The summed E-state index contributed by atoms with van der Waals surface area (Å²) in [6, 6.07) is 4.49. The SMILES string of the molecule is COc1cc(NC(=O)CN2CCCCC2C(=O)O)cc(OC)c1.Cl. The van der Waals surface area contributed by atoms with Gasteiger partial charge in [-0.15, -0.1) is 12.4 Å². The Labute approximate surface area is 147 Å². The molecule has 0 aromatic heterocycles. The van der Waals surface area contributed by atoms with Crippen molar-refractivity contribution in [3.05, 3.63) is 18.2 Å². The fraction of sp³-hybridized carbons (Fsp3) is 0.500. The minimum atomic E-state index is -0.874. The molecule has 1 saturated heterocycles. The molecule has 0 aliphatic carbocycles. The van der Waals surface area contributed by atoms with Crippen molar-refractivity contribution < 1.29 is 24.2 Å². The van der Waals surface area contributed by atoms with E-state index in [1.54, 1.807) is 23.1 Å². The van der Waals surface area contributed by atoms with Gasteiger partial charge in [0.25, 0.3) is 0 Å². The Bertz CT molecular complexity index is 559. The highest BCUT2D eigenvalue weighted by atomic mass is 35.5. The molecule has 1 unspecified atom stereocenters. The van der Waals surface area contributed by atoms with Crippen molar-refractivity contribution in [3.63, 3.8) is 0 Å². The first-order chi connectivity index (χ1) is 11.0. The van der Waals surface area contributed by atoms with Gasteiger partial charge >= 0.3 is 5.97 Å². The van der Waals surface area contributed by atoms with Crippen LogP contribution in [0.4, 0.5) is 5.69 Å². The van der Waals surface area contributed by atoms with E-state index in [1.807, 2.05) is 0 Å². The van der Waals surface area contributed by atoms with Crippen LogP contribution in [0, 0.1) is 0 Å². The zero-order valence-electron chi connectivity index (χ0n) is 13.8. The summed E-state index contributed by atoms with van der Waals surface area (Å²) < 4.78 is 10.3. The van der Waals surface area contributed by atoms with Gasteiger partial charge in [0.05, 0.1) is 20.8 Å². The maximum absolute atomic E-state index is 12.2. The van der Waals surface area contributed by atoms with Crippen LogP contribution in [0.25, 0.3) is 0 Å². The van der Waals surface area contributed by atoms with Crippen molar-refractivity contribution in [3.8, 4) is 11.5 Å². The summed E-state index contributed by atoms with van der Waals surface area (Å²) in [6.45, 7) is 0.669. The number of halogens is 1. The van der Waals surface area contributed by atoms with Crippen molar-refractivity contribution in [2.24, 2.45) is 0 Å². The smallest absolute Gasteiger partial charge is 0.320 e. The summed E-state index contributed by atoms with van der Waals surface area (Å²) in [6.07, 6.45) is 2.36. The number of carboxylic acid groups (broad SMARTS) is 1. The van der Waals surface area contributed by atoms with Gasteiger partial charge in [0.15, 0.2) is 0 Å². The van der Waals surface area contributed by atoms with Gasteiger partial charge in [-0.05, 0) is 19.4 Å². The number of benzene rings is 1. The first-order valence-corrected chi connectivity index (χ1v) is 7.53. The minimum Gasteiger partial charge on any atom is -0.497 e. The summed E-state index contributed by atoms with van der Waals surface area (Å²) in [5.41, 5.74) is 0.551. The van der Waals surface area contributed by atoms with E-state index in [0.717, 1.165) is 12.8 Å². The van der Waals surface area contributed by atoms with Gasteiger partial charge in [0, 0.05) is 23.9 Å². The number of methoxy groups -OCH3 is 2. The molecule has 7 nitrogen and oxygen atoms in total. The maximum Gasteiger partial charge on any atom is 0.320 e. The minimum absolute atomic E-state index is 0. The van der Waals surface area contributed by atoms with Crippen molar-refractivity contribution >= 4 is 30.0 Å². The van der Waals surface area contributed by atoms with E-state index in [1.165, 1.54) is 14.2 Å². The van der Waals surface area contributed by atoms with Gasteiger partial charge in [-0.2, -0.15) is 0 Å². The van der Waals surface area contributed by atoms with Crippen molar-refractivity contribution in [1.29, 1.82) is 0 Å². The zero-order valence-corrected chi connectivity index (χ0v) is 14.6.